The molecule has 88 valence electrons. The number of carbonyl (C=O) groups is 1. The molecule has 17 heavy (non-hydrogen) atoms. The molecule has 1 aromatic heterocycles. The summed E-state index contributed by atoms with van der Waals surface area (Å²) in [5, 5.41) is 1.11. The highest BCUT2D eigenvalue weighted by molar-refractivity contribution is 9.11. The molecule has 0 atom stereocenters. The lowest BCUT2D eigenvalue weighted by Crippen LogP contribution is -2.01. The standard InChI is InChI=1S/C12H7BrCl2OS/c1-6-2-3-7(14)4-8(6)11(16)10-5-9(15)12(13)17-10/h2-5H,1H3. The van der Waals surface area contributed by atoms with Crippen LogP contribution in [-0.2, 0) is 0 Å². The second-order valence-corrected chi connectivity index (χ2v) is 6.73. The van der Waals surface area contributed by atoms with Gasteiger partial charge in [0, 0.05) is 10.6 Å². The summed E-state index contributed by atoms with van der Waals surface area (Å²) in [6, 6.07) is 6.95. The molecule has 0 spiro atoms. The van der Waals surface area contributed by atoms with Gasteiger partial charge in [0.1, 0.15) is 0 Å². The molecular formula is C12H7BrCl2OS. The Kier molecular flexibility index (Phi) is 3.93. The van der Waals surface area contributed by atoms with Gasteiger partial charge in [0.15, 0.2) is 0 Å². The molecule has 0 bridgehead atoms. The summed E-state index contributed by atoms with van der Waals surface area (Å²) in [6.45, 7) is 1.88. The van der Waals surface area contributed by atoms with Gasteiger partial charge in [0.25, 0.3) is 0 Å². The van der Waals surface area contributed by atoms with Gasteiger partial charge in [0.2, 0.25) is 5.78 Å². The van der Waals surface area contributed by atoms with Crippen LogP contribution in [0.5, 0.6) is 0 Å². The van der Waals surface area contributed by atoms with Crippen LogP contribution >= 0.6 is 50.5 Å². The molecule has 1 heterocycles. The van der Waals surface area contributed by atoms with Crippen molar-refractivity contribution in [3.63, 3.8) is 0 Å². The first-order chi connectivity index (χ1) is 7.99. The van der Waals surface area contributed by atoms with Gasteiger partial charge in [0.05, 0.1) is 13.7 Å². The van der Waals surface area contributed by atoms with Gasteiger partial charge in [-0.1, -0.05) is 29.3 Å². The van der Waals surface area contributed by atoms with Gasteiger partial charge in [-0.25, -0.2) is 0 Å². The van der Waals surface area contributed by atoms with Crippen LogP contribution in [0.3, 0.4) is 0 Å². The van der Waals surface area contributed by atoms with Gasteiger partial charge < -0.3 is 0 Å². The summed E-state index contributed by atoms with van der Waals surface area (Å²) in [5.74, 6) is -0.0531. The van der Waals surface area contributed by atoms with E-state index < -0.39 is 0 Å². The summed E-state index contributed by atoms with van der Waals surface area (Å²) >= 11 is 16.4. The number of thiophene rings is 1. The molecule has 0 amide bonds. The first kappa shape index (κ1) is 13.1. The summed E-state index contributed by atoms with van der Waals surface area (Å²) in [4.78, 5) is 12.9. The van der Waals surface area contributed by atoms with Crippen LogP contribution in [0.25, 0.3) is 0 Å². The lowest BCUT2D eigenvalue weighted by molar-refractivity contribution is 0.104. The monoisotopic (exact) mass is 348 g/mol. The summed E-state index contributed by atoms with van der Waals surface area (Å²) in [6.07, 6.45) is 0. The number of rotatable bonds is 2. The zero-order chi connectivity index (χ0) is 12.6. The number of hydrogen-bond acceptors (Lipinski definition) is 2. The first-order valence-corrected chi connectivity index (χ1v) is 7.11. The summed E-state index contributed by atoms with van der Waals surface area (Å²) < 4.78 is 0.766. The largest absolute Gasteiger partial charge is 0.288 e. The van der Waals surface area contributed by atoms with Gasteiger partial charge in [-0.05, 0) is 46.6 Å². The molecule has 1 nitrogen and oxygen atoms in total. The number of hydrogen-bond donors (Lipinski definition) is 0. The maximum absolute atomic E-state index is 12.3. The molecule has 0 unspecified atom stereocenters. The zero-order valence-corrected chi connectivity index (χ0v) is 12.7. The van der Waals surface area contributed by atoms with E-state index in [2.05, 4.69) is 15.9 Å². The fourth-order valence-electron chi connectivity index (χ4n) is 1.43. The topological polar surface area (TPSA) is 17.1 Å². The third-order valence-corrected chi connectivity index (χ3v) is 5.02. The van der Waals surface area contributed by atoms with Crippen LogP contribution in [0.1, 0.15) is 20.8 Å². The molecule has 0 fully saturated rings. The highest BCUT2D eigenvalue weighted by Gasteiger charge is 2.16. The van der Waals surface area contributed by atoms with Crippen LogP contribution in [0.15, 0.2) is 28.1 Å². The van der Waals surface area contributed by atoms with Crippen molar-refractivity contribution in [2.24, 2.45) is 0 Å². The average molecular weight is 350 g/mol. The Balaban J connectivity index is 2.47. The maximum atomic E-state index is 12.3. The van der Waals surface area contributed by atoms with Crippen molar-refractivity contribution in [3.8, 4) is 0 Å². The SMILES string of the molecule is Cc1ccc(Cl)cc1C(=O)c1cc(Cl)c(Br)s1. The van der Waals surface area contributed by atoms with Crippen molar-refractivity contribution >= 4 is 56.3 Å². The number of aryl methyl sites for hydroxylation is 1. The lowest BCUT2D eigenvalue weighted by atomic mass is 10.0. The molecule has 0 aliphatic carbocycles. The van der Waals surface area contributed by atoms with Crippen molar-refractivity contribution in [1.82, 2.24) is 0 Å². The molecule has 1 aromatic carbocycles. The Morgan fingerprint density at radius 3 is 2.59 bits per heavy atom. The van der Waals surface area contributed by atoms with Crippen molar-refractivity contribution < 1.29 is 4.79 Å². The van der Waals surface area contributed by atoms with Gasteiger partial charge in [-0.2, -0.15) is 0 Å². The minimum atomic E-state index is -0.0531. The van der Waals surface area contributed by atoms with E-state index in [0.29, 0.717) is 20.5 Å². The predicted molar refractivity (Wildman–Crippen MR) is 76.7 cm³/mol. The smallest absolute Gasteiger partial charge is 0.203 e. The fourth-order valence-corrected chi connectivity index (χ4v) is 3.26. The second-order valence-electron chi connectivity index (χ2n) is 3.52. The van der Waals surface area contributed by atoms with E-state index in [0.717, 1.165) is 9.35 Å². The predicted octanol–water partition coefficient (Wildman–Crippen LogP) is 5.36. The minimum absolute atomic E-state index is 0.0531. The quantitative estimate of drug-likeness (QED) is 0.667. The van der Waals surface area contributed by atoms with Gasteiger partial charge in [-0.15, -0.1) is 11.3 Å². The molecule has 0 radical (unpaired) electrons. The Hall–Kier alpha value is -0.350. The third-order valence-electron chi connectivity index (χ3n) is 2.31. The molecule has 0 saturated heterocycles. The van der Waals surface area contributed by atoms with Crippen molar-refractivity contribution in [3.05, 3.63) is 54.1 Å². The molecular weight excluding hydrogens is 343 g/mol. The van der Waals surface area contributed by atoms with Gasteiger partial charge in [-0.3, -0.25) is 4.79 Å². The molecule has 2 rings (SSSR count). The normalized spacial score (nSPS) is 10.6. The van der Waals surface area contributed by atoms with E-state index in [9.17, 15) is 4.79 Å². The number of carbonyl (C=O) groups excluding carboxylic acids is 1. The van der Waals surface area contributed by atoms with E-state index in [1.807, 2.05) is 13.0 Å². The Morgan fingerprint density at radius 1 is 1.29 bits per heavy atom. The van der Waals surface area contributed by atoms with Crippen LogP contribution in [0.2, 0.25) is 10.0 Å². The molecule has 0 aliphatic rings. The highest BCUT2D eigenvalue weighted by Crippen LogP contribution is 2.33. The van der Waals surface area contributed by atoms with Crippen molar-refractivity contribution in [1.29, 1.82) is 0 Å². The third kappa shape index (κ3) is 2.74. The molecule has 0 N–H and O–H groups in total. The number of ketones is 1. The molecule has 0 saturated carbocycles. The Labute approximate surface area is 121 Å². The number of benzene rings is 1. The van der Waals surface area contributed by atoms with E-state index in [1.165, 1.54) is 11.3 Å². The average Bonchev–Trinajstić information content (AvgIpc) is 2.62. The van der Waals surface area contributed by atoms with Crippen molar-refractivity contribution in [2.75, 3.05) is 0 Å². The molecule has 2 aromatic rings. The van der Waals surface area contributed by atoms with E-state index >= 15 is 0 Å². The summed E-state index contributed by atoms with van der Waals surface area (Å²) in [7, 11) is 0. The van der Waals surface area contributed by atoms with Crippen LogP contribution in [0.4, 0.5) is 0 Å². The maximum Gasteiger partial charge on any atom is 0.203 e. The van der Waals surface area contributed by atoms with E-state index in [-0.39, 0.29) is 5.78 Å². The Morgan fingerprint density at radius 2 is 2.00 bits per heavy atom. The highest BCUT2D eigenvalue weighted by atomic mass is 79.9. The van der Waals surface area contributed by atoms with E-state index in [4.69, 9.17) is 23.2 Å². The van der Waals surface area contributed by atoms with Gasteiger partial charge >= 0.3 is 0 Å². The number of halogens is 3. The van der Waals surface area contributed by atoms with Crippen LogP contribution < -0.4 is 0 Å². The lowest BCUT2D eigenvalue weighted by Gasteiger charge is -2.03. The fraction of sp³-hybridized carbons (Fsp3) is 0.0833. The zero-order valence-electron chi connectivity index (χ0n) is 8.76. The van der Waals surface area contributed by atoms with E-state index in [1.54, 1.807) is 18.2 Å². The van der Waals surface area contributed by atoms with Crippen molar-refractivity contribution in [2.45, 2.75) is 6.92 Å². The molecule has 0 aliphatic heterocycles. The van der Waals surface area contributed by atoms with Crippen LogP contribution in [0, 0.1) is 6.92 Å². The summed E-state index contributed by atoms with van der Waals surface area (Å²) in [5.41, 5.74) is 1.52. The Bertz CT molecular complexity index is 573. The first-order valence-electron chi connectivity index (χ1n) is 4.74. The van der Waals surface area contributed by atoms with Crippen LogP contribution in [-0.4, -0.2) is 5.78 Å². The minimum Gasteiger partial charge on any atom is -0.288 e. The molecule has 5 heteroatoms. The second kappa shape index (κ2) is 5.11.